The number of nitrogens with one attached hydrogen (secondary N) is 1. The van der Waals surface area contributed by atoms with Crippen LogP contribution in [0.3, 0.4) is 0 Å². The Balaban J connectivity index is 2.32. The van der Waals surface area contributed by atoms with Crippen LogP contribution in [0.15, 0.2) is 33.9 Å². The Morgan fingerprint density at radius 2 is 2.05 bits per heavy atom. The van der Waals surface area contributed by atoms with E-state index in [0.29, 0.717) is 11.3 Å². The predicted octanol–water partition coefficient (Wildman–Crippen LogP) is 2.61. The first-order valence-corrected chi connectivity index (χ1v) is 8.32. The van der Waals surface area contributed by atoms with Crippen LogP contribution in [0.25, 0.3) is 0 Å². The van der Waals surface area contributed by atoms with Gasteiger partial charge in [0.25, 0.3) is 5.91 Å². The van der Waals surface area contributed by atoms with Crippen LogP contribution in [0, 0.1) is 6.92 Å². The van der Waals surface area contributed by atoms with E-state index in [9.17, 15) is 13.2 Å². The lowest BCUT2D eigenvalue weighted by molar-refractivity contribution is 0.102. The molecule has 0 aliphatic carbocycles. The number of halogens is 1. The van der Waals surface area contributed by atoms with E-state index in [1.807, 2.05) is 12.3 Å². The fraction of sp³-hybridized carbons (Fsp3) is 0.0833. The lowest BCUT2D eigenvalue weighted by Crippen LogP contribution is -2.15. The molecule has 0 aliphatic rings. The summed E-state index contributed by atoms with van der Waals surface area (Å²) < 4.78 is 22.7. The summed E-state index contributed by atoms with van der Waals surface area (Å²) >= 11 is 7.19. The fourth-order valence-corrected chi connectivity index (χ4v) is 3.49. The third-order valence-corrected chi connectivity index (χ3v) is 4.85. The summed E-state index contributed by atoms with van der Waals surface area (Å²) in [6.45, 7) is 1.82. The molecule has 2 aromatic rings. The number of benzene rings is 1. The van der Waals surface area contributed by atoms with Crippen LogP contribution in [0.5, 0.6) is 0 Å². The quantitative estimate of drug-likeness (QED) is 0.906. The minimum absolute atomic E-state index is 0.0113. The van der Waals surface area contributed by atoms with Gasteiger partial charge in [-0.15, -0.1) is 0 Å². The molecule has 3 N–H and O–H groups in total. The fourth-order valence-electron chi connectivity index (χ4n) is 1.59. The molecule has 1 aromatic carbocycles. The molecule has 0 fully saturated rings. The molecular weight excluding hydrogens is 320 g/mol. The smallest absolute Gasteiger partial charge is 0.256 e. The maximum absolute atomic E-state index is 12.0. The zero-order valence-electron chi connectivity index (χ0n) is 10.4. The summed E-state index contributed by atoms with van der Waals surface area (Å²) in [5, 5.41) is 11.3. The maximum atomic E-state index is 12.0. The third-order valence-electron chi connectivity index (χ3n) is 2.60. The first-order chi connectivity index (χ1) is 9.29. The van der Waals surface area contributed by atoms with Crippen molar-refractivity contribution in [1.29, 1.82) is 0 Å². The van der Waals surface area contributed by atoms with Crippen LogP contribution >= 0.6 is 22.9 Å². The van der Waals surface area contributed by atoms with Crippen molar-refractivity contribution in [3.8, 4) is 0 Å². The van der Waals surface area contributed by atoms with E-state index >= 15 is 0 Å². The van der Waals surface area contributed by atoms with E-state index in [1.54, 1.807) is 5.38 Å². The zero-order valence-corrected chi connectivity index (χ0v) is 12.8. The van der Waals surface area contributed by atoms with Crippen molar-refractivity contribution in [2.75, 3.05) is 5.32 Å². The van der Waals surface area contributed by atoms with E-state index in [4.69, 9.17) is 16.7 Å². The average Bonchev–Trinajstić information content (AvgIpc) is 2.76. The highest BCUT2D eigenvalue weighted by Crippen LogP contribution is 2.24. The Hall–Kier alpha value is -1.41. The summed E-state index contributed by atoms with van der Waals surface area (Å²) in [7, 11) is -3.93. The van der Waals surface area contributed by atoms with Crippen molar-refractivity contribution < 1.29 is 13.2 Å². The summed E-state index contributed by atoms with van der Waals surface area (Å²) in [4.78, 5) is 11.8. The summed E-state index contributed by atoms with van der Waals surface area (Å²) in [5.41, 5.74) is 1.71. The molecule has 0 bridgehead atoms. The van der Waals surface area contributed by atoms with Crippen LogP contribution in [-0.2, 0) is 10.0 Å². The number of rotatable bonds is 3. The number of carbonyl (C=O) groups is 1. The molecule has 0 saturated carbocycles. The second kappa shape index (κ2) is 5.53. The predicted molar refractivity (Wildman–Crippen MR) is 79.8 cm³/mol. The van der Waals surface area contributed by atoms with Gasteiger partial charge >= 0.3 is 0 Å². The normalized spacial score (nSPS) is 11.3. The minimum Gasteiger partial charge on any atom is -0.322 e. The Labute approximate surface area is 125 Å². The maximum Gasteiger partial charge on any atom is 0.256 e. The number of thiophene rings is 1. The lowest BCUT2D eigenvalue weighted by Gasteiger charge is -2.08. The van der Waals surface area contributed by atoms with Gasteiger partial charge < -0.3 is 5.32 Å². The molecule has 0 unspecified atom stereocenters. The number of aryl methyl sites for hydroxylation is 1. The van der Waals surface area contributed by atoms with Gasteiger partial charge in [-0.05, 0) is 36.1 Å². The van der Waals surface area contributed by atoms with Crippen molar-refractivity contribution in [3.05, 3.63) is 45.1 Å². The molecule has 0 saturated heterocycles. The molecule has 0 aliphatic heterocycles. The molecule has 8 heteroatoms. The van der Waals surface area contributed by atoms with Gasteiger partial charge in [-0.3, -0.25) is 4.79 Å². The molecule has 1 amide bonds. The van der Waals surface area contributed by atoms with Crippen molar-refractivity contribution in [1.82, 2.24) is 0 Å². The van der Waals surface area contributed by atoms with Crippen LogP contribution < -0.4 is 10.5 Å². The Morgan fingerprint density at radius 3 is 2.60 bits per heavy atom. The number of hydrogen-bond donors (Lipinski definition) is 2. The molecule has 106 valence electrons. The van der Waals surface area contributed by atoms with Gasteiger partial charge in [0, 0.05) is 11.1 Å². The van der Waals surface area contributed by atoms with Gasteiger partial charge in [0.2, 0.25) is 10.0 Å². The van der Waals surface area contributed by atoms with Crippen molar-refractivity contribution in [3.63, 3.8) is 0 Å². The van der Waals surface area contributed by atoms with E-state index < -0.39 is 10.0 Å². The first kappa shape index (κ1) is 15.0. The first-order valence-electron chi connectivity index (χ1n) is 5.45. The van der Waals surface area contributed by atoms with Gasteiger partial charge in [-0.1, -0.05) is 11.6 Å². The van der Waals surface area contributed by atoms with Gasteiger partial charge in [0.1, 0.15) is 4.90 Å². The van der Waals surface area contributed by atoms with E-state index in [0.717, 1.165) is 5.56 Å². The number of amides is 1. The molecular formula is C12H11ClN2O3S2. The summed E-state index contributed by atoms with van der Waals surface area (Å²) in [5.74, 6) is -0.313. The van der Waals surface area contributed by atoms with Gasteiger partial charge in [-0.25, -0.2) is 13.6 Å². The second-order valence-corrected chi connectivity index (χ2v) is 6.79. The molecule has 1 aromatic heterocycles. The number of anilines is 1. The molecule has 0 atom stereocenters. The second-order valence-electron chi connectivity index (χ2n) is 4.11. The highest BCUT2D eigenvalue weighted by molar-refractivity contribution is 7.89. The summed E-state index contributed by atoms with van der Waals surface area (Å²) in [6.07, 6.45) is 0. The Morgan fingerprint density at radius 1 is 1.35 bits per heavy atom. The highest BCUT2D eigenvalue weighted by Gasteiger charge is 2.15. The van der Waals surface area contributed by atoms with Crippen LogP contribution in [0.2, 0.25) is 5.02 Å². The number of hydrogen-bond acceptors (Lipinski definition) is 4. The van der Waals surface area contributed by atoms with Gasteiger partial charge in [0.15, 0.2) is 0 Å². The molecule has 0 spiro atoms. The number of primary sulfonamides is 1. The van der Waals surface area contributed by atoms with Gasteiger partial charge in [-0.2, -0.15) is 11.3 Å². The monoisotopic (exact) mass is 330 g/mol. The standard InChI is InChI=1S/C12H11ClN2O3S2/c1-7-5-19-6-9(7)12(16)15-8-2-3-10(13)11(4-8)20(14,17)18/h2-6H,1H3,(H,15,16)(H2,14,17,18). The molecule has 20 heavy (non-hydrogen) atoms. The van der Waals surface area contributed by atoms with Crippen molar-refractivity contribution in [2.45, 2.75) is 11.8 Å². The van der Waals surface area contributed by atoms with Crippen LogP contribution in [0.1, 0.15) is 15.9 Å². The topological polar surface area (TPSA) is 89.3 Å². The van der Waals surface area contributed by atoms with Gasteiger partial charge in [0.05, 0.1) is 10.6 Å². The molecule has 0 radical (unpaired) electrons. The SMILES string of the molecule is Cc1cscc1C(=O)Nc1ccc(Cl)c(S(N)(=O)=O)c1. The minimum atomic E-state index is -3.93. The third kappa shape index (κ3) is 3.18. The average molecular weight is 331 g/mol. The Bertz CT molecular complexity index is 769. The van der Waals surface area contributed by atoms with Crippen molar-refractivity contribution >= 4 is 44.6 Å². The van der Waals surface area contributed by atoms with Crippen molar-refractivity contribution in [2.24, 2.45) is 5.14 Å². The summed E-state index contributed by atoms with van der Waals surface area (Å²) in [6, 6.07) is 4.12. The molecule has 1 heterocycles. The van der Waals surface area contributed by atoms with E-state index in [-0.39, 0.29) is 15.8 Å². The lowest BCUT2D eigenvalue weighted by atomic mass is 10.2. The number of carbonyl (C=O) groups excluding carboxylic acids is 1. The van der Waals surface area contributed by atoms with E-state index in [1.165, 1.54) is 29.5 Å². The molecule has 2 rings (SSSR count). The zero-order chi connectivity index (χ0) is 14.9. The largest absolute Gasteiger partial charge is 0.322 e. The van der Waals surface area contributed by atoms with Crippen LogP contribution in [0.4, 0.5) is 5.69 Å². The highest BCUT2D eigenvalue weighted by atomic mass is 35.5. The number of sulfonamides is 1. The van der Waals surface area contributed by atoms with E-state index in [2.05, 4.69) is 5.32 Å². The van der Waals surface area contributed by atoms with Crippen LogP contribution in [-0.4, -0.2) is 14.3 Å². The number of nitrogens with two attached hydrogens (primary N) is 1. The Kier molecular flexibility index (Phi) is 4.14. The molecule has 5 nitrogen and oxygen atoms in total.